The molecule has 0 saturated heterocycles. The van der Waals surface area contributed by atoms with Crippen molar-refractivity contribution in [2.45, 2.75) is 44.6 Å². The second-order valence-corrected chi connectivity index (χ2v) is 9.34. The molecule has 0 unspecified atom stereocenters. The number of carbonyl (C=O) groups is 1. The van der Waals surface area contributed by atoms with Crippen LogP contribution in [-0.4, -0.2) is 37.7 Å². The maximum absolute atomic E-state index is 12.3. The van der Waals surface area contributed by atoms with Gasteiger partial charge in [0.15, 0.2) is 9.84 Å². The van der Waals surface area contributed by atoms with Crippen molar-refractivity contribution in [3.63, 3.8) is 0 Å². The molecule has 0 saturated carbocycles. The topological polar surface area (TPSA) is 85.4 Å². The first-order chi connectivity index (χ1) is 12.3. The van der Waals surface area contributed by atoms with Crippen LogP contribution in [0.5, 0.6) is 5.75 Å². The van der Waals surface area contributed by atoms with E-state index in [-0.39, 0.29) is 29.1 Å². The van der Waals surface area contributed by atoms with Gasteiger partial charge in [0.1, 0.15) is 5.75 Å². The molecular formula is C18H24N2O4S2. The van der Waals surface area contributed by atoms with Crippen LogP contribution in [0.4, 0.5) is 0 Å². The average Bonchev–Trinajstić information content (AvgIpc) is 2.98. The number of benzene rings is 1. The van der Waals surface area contributed by atoms with Crippen LogP contribution in [-0.2, 0) is 21.1 Å². The van der Waals surface area contributed by atoms with Gasteiger partial charge in [0.25, 0.3) is 0 Å². The fourth-order valence-corrected chi connectivity index (χ4v) is 4.17. The molecule has 0 fully saturated rings. The minimum absolute atomic E-state index is 0.0225. The molecule has 0 aliphatic rings. The Hall–Kier alpha value is -1.93. The molecule has 1 aromatic carbocycles. The molecule has 2 aromatic rings. The van der Waals surface area contributed by atoms with Crippen LogP contribution in [0.3, 0.4) is 0 Å². The Kier molecular flexibility index (Phi) is 7.16. The van der Waals surface area contributed by atoms with Crippen LogP contribution in [0.25, 0.3) is 0 Å². The van der Waals surface area contributed by atoms with Gasteiger partial charge in [0.2, 0.25) is 5.91 Å². The summed E-state index contributed by atoms with van der Waals surface area (Å²) in [5, 5.41) is 5.68. The predicted molar refractivity (Wildman–Crippen MR) is 102 cm³/mol. The Morgan fingerprint density at radius 2 is 1.96 bits per heavy atom. The lowest BCUT2D eigenvalue weighted by Crippen LogP contribution is -2.27. The number of carbonyl (C=O) groups excluding carboxylic acids is 1. The Balaban J connectivity index is 1.80. The van der Waals surface area contributed by atoms with E-state index < -0.39 is 9.84 Å². The lowest BCUT2D eigenvalue weighted by Gasteiger charge is -2.10. The summed E-state index contributed by atoms with van der Waals surface area (Å²) in [7, 11) is -3.50. The highest BCUT2D eigenvalue weighted by molar-refractivity contribution is 7.91. The molecule has 1 amide bonds. The highest BCUT2D eigenvalue weighted by atomic mass is 32.2. The number of ether oxygens (including phenoxy) is 1. The first kappa shape index (κ1) is 20.4. The predicted octanol–water partition coefficient (Wildman–Crippen LogP) is 2.76. The molecule has 0 spiro atoms. The van der Waals surface area contributed by atoms with Crippen molar-refractivity contribution in [1.29, 1.82) is 0 Å². The van der Waals surface area contributed by atoms with Gasteiger partial charge < -0.3 is 10.1 Å². The van der Waals surface area contributed by atoms with E-state index in [0.29, 0.717) is 18.7 Å². The van der Waals surface area contributed by atoms with Crippen molar-refractivity contribution in [2.75, 3.05) is 12.3 Å². The van der Waals surface area contributed by atoms with Gasteiger partial charge in [-0.1, -0.05) is 0 Å². The number of nitrogens with one attached hydrogen (secondary N) is 1. The van der Waals surface area contributed by atoms with Crippen LogP contribution < -0.4 is 10.1 Å². The third-order valence-corrected chi connectivity index (χ3v) is 6.08. The van der Waals surface area contributed by atoms with E-state index in [2.05, 4.69) is 10.3 Å². The number of rotatable bonds is 9. The van der Waals surface area contributed by atoms with Gasteiger partial charge in [-0.15, -0.1) is 11.3 Å². The molecule has 6 nitrogen and oxygen atoms in total. The van der Waals surface area contributed by atoms with Crippen molar-refractivity contribution in [3.05, 3.63) is 40.3 Å². The summed E-state index contributed by atoms with van der Waals surface area (Å²) >= 11 is 1.57. The number of amides is 1. The van der Waals surface area contributed by atoms with E-state index in [1.165, 1.54) is 12.1 Å². The Morgan fingerprint density at radius 1 is 1.27 bits per heavy atom. The number of nitrogens with zero attached hydrogens (tertiary/aromatic N) is 1. The minimum atomic E-state index is -3.50. The number of hydrogen-bond acceptors (Lipinski definition) is 6. The van der Waals surface area contributed by atoms with Crippen molar-refractivity contribution >= 4 is 27.1 Å². The minimum Gasteiger partial charge on any atom is -0.491 e. The lowest BCUT2D eigenvalue weighted by molar-refractivity contribution is -0.120. The van der Waals surface area contributed by atoms with Crippen molar-refractivity contribution in [3.8, 4) is 5.75 Å². The number of sulfone groups is 1. The zero-order valence-electron chi connectivity index (χ0n) is 15.2. The fourth-order valence-electron chi connectivity index (χ4n) is 2.28. The maximum Gasteiger partial charge on any atom is 0.221 e. The van der Waals surface area contributed by atoms with Crippen LogP contribution >= 0.6 is 11.3 Å². The molecule has 1 N–H and O–H groups in total. The zero-order chi connectivity index (χ0) is 19.2. The maximum atomic E-state index is 12.3. The molecule has 8 heteroatoms. The number of thiazole rings is 1. The monoisotopic (exact) mass is 396 g/mol. The van der Waals surface area contributed by atoms with Gasteiger partial charge in [-0.3, -0.25) is 4.79 Å². The molecule has 0 atom stereocenters. The first-order valence-corrected chi connectivity index (χ1v) is 11.0. The normalized spacial score (nSPS) is 11.5. The van der Waals surface area contributed by atoms with Crippen molar-refractivity contribution in [2.24, 2.45) is 0 Å². The summed E-state index contributed by atoms with van der Waals surface area (Å²) in [4.78, 5) is 16.4. The molecule has 1 aromatic heterocycles. The molecule has 0 aliphatic heterocycles. The third kappa shape index (κ3) is 6.42. The quantitative estimate of drug-likeness (QED) is 0.704. The van der Waals surface area contributed by atoms with Gasteiger partial charge in [-0.2, -0.15) is 0 Å². The second kappa shape index (κ2) is 9.14. The molecule has 0 aliphatic carbocycles. The van der Waals surface area contributed by atoms with E-state index in [1.54, 1.807) is 23.5 Å². The Bertz CT molecular complexity index is 827. The van der Waals surface area contributed by atoms with Gasteiger partial charge in [0.05, 0.1) is 27.5 Å². The summed E-state index contributed by atoms with van der Waals surface area (Å²) in [6, 6.07) is 6.27. The lowest BCUT2D eigenvalue weighted by atomic mass is 10.3. The van der Waals surface area contributed by atoms with E-state index in [4.69, 9.17) is 4.74 Å². The van der Waals surface area contributed by atoms with Crippen LogP contribution in [0.1, 0.15) is 31.0 Å². The summed E-state index contributed by atoms with van der Waals surface area (Å²) in [5.41, 5.74) is 0.934. The number of aryl methyl sites for hydroxylation is 1. The molecule has 26 heavy (non-hydrogen) atoms. The highest BCUT2D eigenvalue weighted by Gasteiger charge is 2.16. The Labute approximate surface area is 158 Å². The van der Waals surface area contributed by atoms with E-state index in [9.17, 15) is 13.2 Å². The number of aromatic nitrogens is 1. The smallest absolute Gasteiger partial charge is 0.221 e. The van der Waals surface area contributed by atoms with Crippen LogP contribution in [0, 0.1) is 6.92 Å². The van der Waals surface area contributed by atoms with E-state index in [0.717, 1.165) is 10.7 Å². The molecule has 2 rings (SSSR count). The van der Waals surface area contributed by atoms with E-state index >= 15 is 0 Å². The van der Waals surface area contributed by atoms with Crippen molar-refractivity contribution < 1.29 is 17.9 Å². The summed E-state index contributed by atoms with van der Waals surface area (Å²) < 4.78 is 30.2. The number of hydrogen-bond donors (Lipinski definition) is 1. The SMILES string of the molecule is Cc1nc(CCNC(=O)CCS(=O)(=O)c2ccc(OC(C)C)cc2)cs1. The largest absolute Gasteiger partial charge is 0.491 e. The van der Waals surface area contributed by atoms with Crippen LogP contribution in [0.2, 0.25) is 0 Å². The molecule has 142 valence electrons. The second-order valence-electron chi connectivity index (χ2n) is 6.16. The molecule has 1 heterocycles. The highest BCUT2D eigenvalue weighted by Crippen LogP contribution is 2.18. The average molecular weight is 397 g/mol. The van der Waals surface area contributed by atoms with Gasteiger partial charge in [-0.05, 0) is 45.0 Å². The Morgan fingerprint density at radius 3 is 2.54 bits per heavy atom. The standard InChI is InChI=1S/C18H24N2O4S2/c1-13(2)24-16-4-6-17(7-5-16)26(22,23)11-9-18(21)19-10-8-15-12-25-14(3)20-15/h4-7,12-13H,8-11H2,1-3H3,(H,19,21). The molecule has 0 bridgehead atoms. The molecule has 0 radical (unpaired) electrons. The summed E-state index contributed by atoms with van der Waals surface area (Å²) in [6.45, 7) is 6.18. The van der Waals surface area contributed by atoms with Crippen LogP contribution in [0.15, 0.2) is 34.5 Å². The third-order valence-electron chi connectivity index (χ3n) is 3.52. The van der Waals surface area contributed by atoms with Gasteiger partial charge >= 0.3 is 0 Å². The van der Waals surface area contributed by atoms with Gasteiger partial charge in [-0.25, -0.2) is 13.4 Å². The summed E-state index contributed by atoms with van der Waals surface area (Å²) in [5.74, 6) is 0.119. The first-order valence-electron chi connectivity index (χ1n) is 8.43. The fraction of sp³-hybridized carbons (Fsp3) is 0.444. The van der Waals surface area contributed by atoms with Crippen molar-refractivity contribution in [1.82, 2.24) is 10.3 Å². The summed E-state index contributed by atoms with van der Waals surface area (Å²) in [6.07, 6.45) is 0.595. The molecular weight excluding hydrogens is 372 g/mol. The zero-order valence-corrected chi connectivity index (χ0v) is 16.8. The van der Waals surface area contributed by atoms with Gasteiger partial charge in [0, 0.05) is 24.8 Å². The van der Waals surface area contributed by atoms with E-state index in [1.807, 2.05) is 26.2 Å².